The molecule has 0 aliphatic carbocycles. The maximum atomic E-state index is 12.8. The fraction of sp³-hybridized carbons (Fsp3) is 0.278. The first-order valence-corrected chi connectivity index (χ1v) is 10.9. The highest BCUT2D eigenvalue weighted by atomic mass is 35.5. The summed E-state index contributed by atoms with van der Waals surface area (Å²) < 4.78 is 37.4. The molecule has 11 heteroatoms. The van der Waals surface area contributed by atoms with Gasteiger partial charge in [0.2, 0.25) is 10.0 Å². The Morgan fingerprint density at radius 2 is 1.79 bits per heavy atom. The Kier molecular flexibility index (Phi) is 7.20. The number of carbonyl (C=O) groups is 1. The normalized spacial score (nSPS) is 15.0. The molecule has 8 nitrogen and oxygen atoms in total. The summed E-state index contributed by atoms with van der Waals surface area (Å²) in [5.74, 6) is 0.534. The van der Waals surface area contributed by atoms with Crippen LogP contribution in [0.3, 0.4) is 0 Å². The second kappa shape index (κ2) is 9.64. The van der Waals surface area contributed by atoms with Crippen molar-refractivity contribution in [1.82, 2.24) is 9.62 Å². The lowest BCUT2D eigenvalue weighted by Gasteiger charge is -2.26. The number of nitrogens with one attached hydrogen (secondary N) is 2. The minimum absolute atomic E-state index is 0.0384. The van der Waals surface area contributed by atoms with Crippen molar-refractivity contribution in [2.45, 2.75) is 4.90 Å². The number of rotatable bonds is 6. The van der Waals surface area contributed by atoms with E-state index >= 15 is 0 Å². The second-order valence-corrected chi connectivity index (χ2v) is 8.81. The van der Waals surface area contributed by atoms with Crippen LogP contribution in [0.4, 0.5) is 10.5 Å². The van der Waals surface area contributed by atoms with E-state index in [1.54, 1.807) is 24.3 Å². The molecule has 0 saturated carbocycles. The predicted molar refractivity (Wildman–Crippen MR) is 110 cm³/mol. The SMILES string of the molecule is O=C(NCOc1ccc(Cl)cc1)Nc1cc(S(=O)(=O)N2CCOCC2)ccc1Cl. The van der Waals surface area contributed by atoms with Crippen LogP contribution in [0.2, 0.25) is 10.0 Å². The summed E-state index contributed by atoms with van der Waals surface area (Å²) in [5.41, 5.74) is 0.171. The molecule has 2 N–H and O–H groups in total. The average molecular weight is 460 g/mol. The van der Waals surface area contributed by atoms with E-state index in [2.05, 4.69) is 10.6 Å². The van der Waals surface area contributed by atoms with E-state index in [-0.39, 0.29) is 35.4 Å². The van der Waals surface area contributed by atoms with Gasteiger partial charge >= 0.3 is 6.03 Å². The first-order chi connectivity index (χ1) is 13.9. The third-order valence-corrected chi connectivity index (χ3v) is 6.56. The number of halogens is 2. The predicted octanol–water partition coefficient (Wildman–Crippen LogP) is 3.17. The van der Waals surface area contributed by atoms with Gasteiger partial charge < -0.3 is 20.1 Å². The maximum Gasteiger partial charge on any atom is 0.321 e. The van der Waals surface area contributed by atoms with Crippen LogP contribution in [-0.2, 0) is 14.8 Å². The lowest BCUT2D eigenvalue weighted by atomic mass is 10.3. The Hall–Kier alpha value is -2.04. The van der Waals surface area contributed by atoms with Crippen molar-refractivity contribution >= 4 is 44.9 Å². The molecular weight excluding hydrogens is 441 g/mol. The minimum Gasteiger partial charge on any atom is -0.473 e. The van der Waals surface area contributed by atoms with Crippen LogP contribution in [0, 0.1) is 0 Å². The number of carbonyl (C=O) groups excluding carboxylic acids is 1. The van der Waals surface area contributed by atoms with Crippen LogP contribution in [0.1, 0.15) is 0 Å². The summed E-state index contributed by atoms with van der Waals surface area (Å²) in [4.78, 5) is 12.2. The van der Waals surface area contributed by atoms with Gasteiger partial charge in [0.1, 0.15) is 5.75 Å². The summed E-state index contributed by atoms with van der Waals surface area (Å²) in [6.45, 7) is 1.13. The van der Waals surface area contributed by atoms with Crippen LogP contribution in [0.15, 0.2) is 47.4 Å². The quantitative estimate of drug-likeness (QED) is 0.646. The van der Waals surface area contributed by atoms with Gasteiger partial charge in [0.05, 0.1) is 28.8 Å². The number of hydrogen-bond donors (Lipinski definition) is 2. The van der Waals surface area contributed by atoms with Crippen LogP contribution in [0.5, 0.6) is 5.75 Å². The molecular formula is C18H19Cl2N3O5S. The zero-order valence-corrected chi connectivity index (χ0v) is 17.6. The third kappa shape index (κ3) is 5.74. The minimum atomic E-state index is -3.71. The van der Waals surface area contributed by atoms with Crippen molar-refractivity contribution in [2.75, 3.05) is 38.4 Å². The number of sulfonamides is 1. The highest BCUT2D eigenvalue weighted by molar-refractivity contribution is 7.89. The van der Waals surface area contributed by atoms with E-state index in [0.29, 0.717) is 24.0 Å². The summed E-state index contributed by atoms with van der Waals surface area (Å²) in [7, 11) is -3.71. The number of ether oxygens (including phenoxy) is 2. The Morgan fingerprint density at radius 1 is 1.10 bits per heavy atom. The Morgan fingerprint density at radius 3 is 2.48 bits per heavy atom. The van der Waals surface area contributed by atoms with E-state index in [9.17, 15) is 13.2 Å². The molecule has 0 aromatic heterocycles. The van der Waals surface area contributed by atoms with Gasteiger partial charge in [-0.05, 0) is 42.5 Å². The first-order valence-electron chi connectivity index (χ1n) is 8.67. The number of morpholine rings is 1. The molecule has 0 spiro atoms. The van der Waals surface area contributed by atoms with E-state index in [4.69, 9.17) is 32.7 Å². The van der Waals surface area contributed by atoms with Crippen molar-refractivity contribution < 1.29 is 22.7 Å². The summed E-state index contributed by atoms with van der Waals surface area (Å²) in [5, 5.41) is 5.81. The standard InChI is InChI=1S/C18H19Cl2N3O5S/c19-13-1-3-14(4-2-13)28-12-21-18(24)22-17-11-15(5-6-16(17)20)29(25,26)23-7-9-27-10-8-23/h1-6,11H,7-10,12H2,(H2,21,22,24). The van der Waals surface area contributed by atoms with Crippen molar-refractivity contribution in [3.05, 3.63) is 52.5 Å². The van der Waals surface area contributed by atoms with Gasteiger partial charge in [0.15, 0.2) is 6.73 Å². The van der Waals surface area contributed by atoms with Gasteiger partial charge in [-0.25, -0.2) is 13.2 Å². The van der Waals surface area contributed by atoms with Crippen molar-refractivity contribution in [2.24, 2.45) is 0 Å². The maximum absolute atomic E-state index is 12.8. The number of anilines is 1. The summed E-state index contributed by atoms with van der Waals surface area (Å²) >= 11 is 11.9. The largest absolute Gasteiger partial charge is 0.473 e. The van der Waals surface area contributed by atoms with Gasteiger partial charge in [-0.3, -0.25) is 0 Å². The first kappa shape index (κ1) is 21.7. The Labute approximate surface area is 178 Å². The molecule has 1 aliphatic heterocycles. The van der Waals surface area contributed by atoms with Gasteiger partial charge in [-0.2, -0.15) is 4.31 Å². The molecule has 3 rings (SSSR count). The zero-order valence-electron chi connectivity index (χ0n) is 15.2. The number of benzene rings is 2. The Balaban J connectivity index is 1.61. The van der Waals surface area contributed by atoms with E-state index in [1.807, 2.05) is 0 Å². The van der Waals surface area contributed by atoms with Gasteiger partial charge in [-0.1, -0.05) is 23.2 Å². The van der Waals surface area contributed by atoms with E-state index in [0.717, 1.165) is 0 Å². The summed E-state index contributed by atoms with van der Waals surface area (Å²) in [6.07, 6.45) is 0. The molecule has 0 radical (unpaired) electrons. The van der Waals surface area contributed by atoms with Crippen LogP contribution >= 0.6 is 23.2 Å². The van der Waals surface area contributed by atoms with Crippen molar-refractivity contribution in [3.63, 3.8) is 0 Å². The van der Waals surface area contributed by atoms with Gasteiger partial charge in [-0.15, -0.1) is 0 Å². The number of hydrogen-bond acceptors (Lipinski definition) is 5. The molecule has 1 aliphatic rings. The number of urea groups is 1. The fourth-order valence-corrected chi connectivity index (χ4v) is 4.30. The lowest BCUT2D eigenvalue weighted by Crippen LogP contribution is -2.40. The molecule has 29 heavy (non-hydrogen) atoms. The molecule has 1 saturated heterocycles. The smallest absolute Gasteiger partial charge is 0.321 e. The highest BCUT2D eigenvalue weighted by Gasteiger charge is 2.27. The van der Waals surface area contributed by atoms with Crippen molar-refractivity contribution in [1.29, 1.82) is 0 Å². The molecule has 2 aromatic rings. The third-order valence-electron chi connectivity index (χ3n) is 4.08. The molecule has 0 bridgehead atoms. The number of amides is 2. The molecule has 1 heterocycles. The monoisotopic (exact) mass is 459 g/mol. The molecule has 0 atom stereocenters. The zero-order chi connectivity index (χ0) is 20.9. The average Bonchev–Trinajstić information content (AvgIpc) is 2.71. The van der Waals surface area contributed by atoms with Crippen LogP contribution in [-0.4, -0.2) is 51.8 Å². The molecule has 2 amide bonds. The molecule has 0 unspecified atom stereocenters. The second-order valence-electron chi connectivity index (χ2n) is 6.03. The lowest BCUT2D eigenvalue weighted by molar-refractivity contribution is 0.0730. The van der Waals surface area contributed by atoms with Gasteiger partial charge in [0.25, 0.3) is 0 Å². The van der Waals surface area contributed by atoms with Crippen LogP contribution < -0.4 is 15.4 Å². The Bertz CT molecular complexity index is 964. The van der Waals surface area contributed by atoms with Crippen molar-refractivity contribution in [3.8, 4) is 5.75 Å². The van der Waals surface area contributed by atoms with E-state index < -0.39 is 16.1 Å². The summed E-state index contributed by atoms with van der Waals surface area (Å²) in [6, 6.07) is 10.2. The fourth-order valence-electron chi connectivity index (χ4n) is 2.58. The molecule has 1 fully saturated rings. The molecule has 156 valence electrons. The molecule has 2 aromatic carbocycles. The number of nitrogens with zero attached hydrogens (tertiary/aromatic N) is 1. The van der Waals surface area contributed by atoms with Crippen LogP contribution in [0.25, 0.3) is 0 Å². The highest BCUT2D eigenvalue weighted by Crippen LogP contribution is 2.27. The van der Waals surface area contributed by atoms with Gasteiger partial charge in [0, 0.05) is 18.1 Å². The van der Waals surface area contributed by atoms with E-state index in [1.165, 1.54) is 22.5 Å². The topological polar surface area (TPSA) is 97.0 Å².